The van der Waals surface area contributed by atoms with Crippen LogP contribution in [0.1, 0.15) is 53.0 Å². The van der Waals surface area contributed by atoms with Gasteiger partial charge in [-0.15, -0.1) is 0 Å². The molecule has 2 saturated heterocycles. The Labute approximate surface area is 195 Å². The number of fused-ring (bicyclic) bond motifs is 1. The molecule has 1 saturated carbocycles. The van der Waals surface area contributed by atoms with Crippen LogP contribution in [-0.4, -0.2) is 52.7 Å². The average Bonchev–Trinajstić information content (AvgIpc) is 3.30. The van der Waals surface area contributed by atoms with E-state index in [4.69, 9.17) is 14.2 Å². The molecule has 3 atom stereocenters. The van der Waals surface area contributed by atoms with Gasteiger partial charge < -0.3 is 19.1 Å². The molecule has 3 aliphatic rings. The Morgan fingerprint density at radius 1 is 1.15 bits per heavy atom. The number of ether oxygens (including phenoxy) is 3. The SMILES string of the molecule is CC(C)(C)OC(=O)N1C[C@@]2(c3cc(F)ccc3F)C[C@H]2C1CC(=O)C1C(=O)OC(C)(C)OC1=O. The quantitative estimate of drug-likeness (QED) is 0.483. The van der Waals surface area contributed by atoms with Crippen LogP contribution < -0.4 is 0 Å². The number of hydrogen-bond donors (Lipinski definition) is 0. The molecule has 184 valence electrons. The predicted molar refractivity (Wildman–Crippen MR) is 112 cm³/mol. The summed E-state index contributed by atoms with van der Waals surface area (Å²) in [5.74, 6) is -7.68. The van der Waals surface area contributed by atoms with Gasteiger partial charge in [0.25, 0.3) is 5.79 Å². The minimum atomic E-state index is -1.77. The second-order valence-corrected chi connectivity index (χ2v) is 10.6. The van der Waals surface area contributed by atoms with Crippen LogP contribution in [-0.2, 0) is 34.0 Å². The largest absolute Gasteiger partial charge is 0.444 e. The molecule has 1 aliphatic carbocycles. The van der Waals surface area contributed by atoms with E-state index >= 15 is 0 Å². The first-order valence-electron chi connectivity index (χ1n) is 11.1. The highest BCUT2D eigenvalue weighted by atomic mass is 19.1. The normalized spacial score (nSPS) is 28.1. The number of carbonyl (C=O) groups excluding carboxylic acids is 4. The number of cyclic esters (lactones) is 2. The molecule has 3 fully saturated rings. The van der Waals surface area contributed by atoms with Gasteiger partial charge in [0.2, 0.25) is 5.92 Å². The second kappa shape index (κ2) is 7.74. The number of carbonyl (C=O) groups is 4. The number of rotatable bonds is 4. The second-order valence-electron chi connectivity index (χ2n) is 10.6. The van der Waals surface area contributed by atoms with Gasteiger partial charge in [-0.1, -0.05) is 0 Å². The molecule has 2 heterocycles. The van der Waals surface area contributed by atoms with E-state index in [1.165, 1.54) is 18.7 Å². The van der Waals surface area contributed by atoms with Crippen LogP contribution in [0, 0.1) is 23.5 Å². The Hall–Kier alpha value is -3.04. The number of ketones is 1. The summed E-state index contributed by atoms with van der Waals surface area (Å²) in [6, 6.07) is 2.36. The van der Waals surface area contributed by atoms with E-state index in [0.717, 1.165) is 18.2 Å². The van der Waals surface area contributed by atoms with Crippen molar-refractivity contribution in [2.24, 2.45) is 11.8 Å². The third kappa shape index (κ3) is 4.25. The van der Waals surface area contributed by atoms with Crippen molar-refractivity contribution in [3.05, 3.63) is 35.4 Å². The fraction of sp³-hybridized carbons (Fsp3) is 0.583. The first kappa shape index (κ1) is 24.1. The van der Waals surface area contributed by atoms with Crippen molar-refractivity contribution < 1.29 is 42.2 Å². The van der Waals surface area contributed by atoms with E-state index in [-0.39, 0.29) is 24.4 Å². The molecule has 2 aliphatic heterocycles. The minimum absolute atomic E-state index is 0.0114. The van der Waals surface area contributed by atoms with Crippen molar-refractivity contribution in [2.45, 2.75) is 70.3 Å². The molecule has 0 bridgehead atoms. The molecule has 8 nitrogen and oxygen atoms in total. The topological polar surface area (TPSA) is 99.2 Å². The van der Waals surface area contributed by atoms with Crippen LogP contribution in [0.3, 0.4) is 0 Å². The number of amides is 1. The lowest BCUT2D eigenvalue weighted by molar-refractivity contribution is -0.238. The summed E-state index contributed by atoms with van der Waals surface area (Å²) >= 11 is 0. The van der Waals surface area contributed by atoms with Gasteiger partial charge in [0, 0.05) is 38.3 Å². The van der Waals surface area contributed by atoms with E-state index in [9.17, 15) is 28.0 Å². The van der Waals surface area contributed by atoms with E-state index in [1.807, 2.05) is 0 Å². The Balaban J connectivity index is 1.62. The number of nitrogens with zero attached hydrogens (tertiary/aromatic N) is 1. The number of piperidine rings is 1. The zero-order chi connectivity index (χ0) is 25.2. The van der Waals surface area contributed by atoms with E-state index < -0.39 is 64.2 Å². The smallest absolute Gasteiger partial charge is 0.410 e. The maximum Gasteiger partial charge on any atom is 0.410 e. The first-order chi connectivity index (χ1) is 15.6. The highest BCUT2D eigenvalue weighted by Crippen LogP contribution is 2.63. The molecule has 0 radical (unpaired) electrons. The molecule has 0 aromatic heterocycles. The van der Waals surface area contributed by atoms with Gasteiger partial charge in [-0.2, -0.15) is 0 Å². The molecule has 1 aromatic rings. The molecule has 1 aromatic carbocycles. The summed E-state index contributed by atoms with van der Waals surface area (Å²) < 4.78 is 44.1. The van der Waals surface area contributed by atoms with Crippen molar-refractivity contribution in [3.8, 4) is 0 Å². The predicted octanol–water partition coefficient (Wildman–Crippen LogP) is 3.25. The van der Waals surface area contributed by atoms with E-state index in [0.29, 0.717) is 6.42 Å². The summed E-state index contributed by atoms with van der Waals surface area (Å²) in [7, 11) is 0. The maximum atomic E-state index is 14.7. The van der Waals surface area contributed by atoms with Gasteiger partial charge in [-0.05, 0) is 56.9 Å². The van der Waals surface area contributed by atoms with Crippen molar-refractivity contribution in [1.82, 2.24) is 4.90 Å². The van der Waals surface area contributed by atoms with Crippen molar-refractivity contribution in [3.63, 3.8) is 0 Å². The number of likely N-dealkylation sites (tertiary alicyclic amines) is 1. The van der Waals surface area contributed by atoms with Crippen LogP contribution in [0.15, 0.2) is 18.2 Å². The third-order valence-electron chi connectivity index (χ3n) is 6.44. The standard InChI is InChI=1S/C24H27F2NO7/c1-22(2,3)34-21(31)27-11-24(13-8-12(25)6-7-15(13)26)10-14(24)16(27)9-17(28)18-19(29)32-23(4,5)33-20(18)30/h6-8,14,16,18H,9-11H2,1-5H3/t14-,16?,24+/m0/s1. The number of hydrogen-bond acceptors (Lipinski definition) is 7. The highest BCUT2D eigenvalue weighted by molar-refractivity contribution is 6.16. The van der Waals surface area contributed by atoms with Crippen LogP contribution in [0.4, 0.5) is 13.6 Å². The van der Waals surface area contributed by atoms with Gasteiger partial charge in [0.15, 0.2) is 5.78 Å². The van der Waals surface area contributed by atoms with Crippen LogP contribution >= 0.6 is 0 Å². The summed E-state index contributed by atoms with van der Waals surface area (Å²) in [4.78, 5) is 52.1. The van der Waals surface area contributed by atoms with Gasteiger partial charge in [-0.3, -0.25) is 14.4 Å². The van der Waals surface area contributed by atoms with Crippen molar-refractivity contribution in [2.75, 3.05) is 6.54 Å². The molecule has 1 amide bonds. The summed E-state index contributed by atoms with van der Waals surface area (Å²) in [6.45, 7) is 7.80. The van der Waals surface area contributed by atoms with Crippen LogP contribution in [0.2, 0.25) is 0 Å². The number of halogens is 2. The molecular formula is C24H27F2NO7. The van der Waals surface area contributed by atoms with E-state index in [1.54, 1.807) is 20.8 Å². The van der Waals surface area contributed by atoms with E-state index in [2.05, 4.69) is 0 Å². The van der Waals surface area contributed by atoms with Crippen LogP contribution in [0.25, 0.3) is 0 Å². The summed E-state index contributed by atoms with van der Waals surface area (Å²) in [5, 5.41) is 0. The molecule has 0 spiro atoms. The lowest BCUT2D eigenvalue weighted by Gasteiger charge is -2.33. The Kier molecular flexibility index (Phi) is 5.49. The molecule has 1 unspecified atom stereocenters. The molecule has 10 heteroatoms. The molecule has 34 heavy (non-hydrogen) atoms. The van der Waals surface area contributed by atoms with Gasteiger partial charge in [0.1, 0.15) is 17.2 Å². The fourth-order valence-corrected chi connectivity index (χ4v) is 5.01. The lowest BCUT2D eigenvalue weighted by Crippen LogP contribution is -2.50. The lowest BCUT2D eigenvalue weighted by atomic mass is 9.91. The third-order valence-corrected chi connectivity index (χ3v) is 6.44. The minimum Gasteiger partial charge on any atom is -0.444 e. The van der Waals surface area contributed by atoms with Gasteiger partial charge in [0.05, 0.1) is 0 Å². The number of esters is 2. The Morgan fingerprint density at radius 3 is 2.35 bits per heavy atom. The number of Topliss-reactive ketones (excluding diaryl/α,β-unsaturated/α-hetero) is 1. The Bertz CT molecular complexity index is 1060. The summed E-state index contributed by atoms with van der Waals surface area (Å²) in [5.41, 5.74) is -1.60. The number of benzene rings is 1. The molecular weight excluding hydrogens is 452 g/mol. The van der Waals surface area contributed by atoms with Crippen molar-refractivity contribution in [1.29, 1.82) is 0 Å². The average molecular weight is 479 g/mol. The summed E-state index contributed by atoms with van der Waals surface area (Å²) in [6.07, 6.45) is -0.668. The maximum absolute atomic E-state index is 14.7. The van der Waals surface area contributed by atoms with Crippen molar-refractivity contribution >= 4 is 23.8 Å². The zero-order valence-corrected chi connectivity index (χ0v) is 19.6. The molecule has 0 N–H and O–H groups in total. The molecule has 4 rings (SSSR count). The Morgan fingerprint density at radius 2 is 1.76 bits per heavy atom. The highest BCUT2D eigenvalue weighted by Gasteiger charge is 2.68. The van der Waals surface area contributed by atoms with Gasteiger partial charge >= 0.3 is 18.0 Å². The zero-order valence-electron chi connectivity index (χ0n) is 19.6. The fourth-order valence-electron chi connectivity index (χ4n) is 5.01. The first-order valence-corrected chi connectivity index (χ1v) is 11.1. The van der Waals surface area contributed by atoms with Crippen LogP contribution in [0.5, 0.6) is 0 Å². The monoisotopic (exact) mass is 479 g/mol. The van der Waals surface area contributed by atoms with Gasteiger partial charge in [-0.25, -0.2) is 13.6 Å².